The number of benzene rings is 1. The molecule has 0 bridgehead atoms. The summed E-state index contributed by atoms with van der Waals surface area (Å²) < 4.78 is 81.0. The van der Waals surface area contributed by atoms with Crippen LogP contribution in [-0.4, -0.2) is 53.1 Å². The molecule has 30 heavy (non-hydrogen) atoms. The van der Waals surface area contributed by atoms with Crippen molar-refractivity contribution in [2.45, 2.75) is 37.4 Å². The minimum atomic E-state index is -4.80. The van der Waals surface area contributed by atoms with E-state index in [1.807, 2.05) is 4.57 Å². The van der Waals surface area contributed by atoms with Gasteiger partial charge in [-0.15, -0.1) is 0 Å². The Hall–Kier alpha value is -2.07. The molecule has 0 spiro atoms. The molecular formula is C20H22F6N4. The molecule has 0 atom stereocenters. The summed E-state index contributed by atoms with van der Waals surface area (Å²) in [6.07, 6.45) is -1.50. The summed E-state index contributed by atoms with van der Waals surface area (Å²) in [5.74, 6) is -3.12. The van der Waals surface area contributed by atoms with Crippen LogP contribution in [0.1, 0.15) is 30.1 Å². The van der Waals surface area contributed by atoms with Crippen molar-refractivity contribution in [2.75, 3.05) is 32.7 Å². The lowest BCUT2D eigenvalue weighted by molar-refractivity contribution is -0.140. The molecule has 10 heteroatoms. The number of nitrogens with one attached hydrogen (secondary N) is 1. The van der Waals surface area contributed by atoms with Crippen LogP contribution in [0.3, 0.4) is 0 Å². The first-order chi connectivity index (χ1) is 14.1. The van der Waals surface area contributed by atoms with E-state index in [9.17, 15) is 26.3 Å². The number of likely N-dealkylation sites (tertiary alicyclic amines) is 1. The molecule has 2 fully saturated rings. The third kappa shape index (κ3) is 4.49. The Bertz CT molecular complexity index is 893. The maximum Gasteiger partial charge on any atom is 0.419 e. The third-order valence-electron chi connectivity index (χ3n) is 5.65. The summed E-state index contributed by atoms with van der Waals surface area (Å²) in [4.78, 5) is 6.22. The Kier molecular flexibility index (Phi) is 5.56. The zero-order valence-electron chi connectivity index (χ0n) is 16.2. The van der Waals surface area contributed by atoms with E-state index in [4.69, 9.17) is 0 Å². The van der Waals surface area contributed by atoms with Crippen LogP contribution in [0.4, 0.5) is 26.3 Å². The van der Waals surface area contributed by atoms with Crippen molar-refractivity contribution in [3.8, 4) is 11.3 Å². The minimum absolute atomic E-state index is 0.125. The van der Waals surface area contributed by atoms with E-state index < -0.39 is 23.5 Å². The van der Waals surface area contributed by atoms with Gasteiger partial charge in [-0.1, -0.05) is 0 Å². The largest absolute Gasteiger partial charge is 0.419 e. The SMILES string of the molecule is Fc1ccc(-c2cn(CCN3CC(F)(F)C3)c(C3CCNCC3)n2)cc1C(F)(F)F. The molecule has 2 aliphatic heterocycles. The van der Waals surface area contributed by atoms with E-state index in [1.165, 1.54) is 6.07 Å². The molecule has 0 saturated carbocycles. The van der Waals surface area contributed by atoms with Gasteiger partial charge < -0.3 is 9.88 Å². The van der Waals surface area contributed by atoms with Gasteiger partial charge >= 0.3 is 6.18 Å². The third-order valence-corrected chi connectivity index (χ3v) is 5.65. The van der Waals surface area contributed by atoms with Crippen molar-refractivity contribution in [1.82, 2.24) is 19.8 Å². The normalized spacial score (nSPS) is 20.3. The molecule has 4 rings (SSSR count). The average molecular weight is 432 g/mol. The Morgan fingerprint density at radius 2 is 1.80 bits per heavy atom. The van der Waals surface area contributed by atoms with Crippen LogP contribution < -0.4 is 5.32 Å². The Balaban J connectivity index is 1.61. The first-order valence-corrected chi connectivity index (χ1v) is 9.87. The number of nitrogens with zero attached hydrogens (tertiary/aromatic N) is 3. The Morgan fingerprint density at radius 1 is 1.10 bits per heavy atom. The number of piperidine rings is 1. The van der Waals surface area contributed by atoms with Gasteiger partial charge in [-0.2, -0.15) is 13.2 Å². The first kappa shape index (κ1) is 21.2. The fourth-order valence-corrected chi connectivity index (χ4v) is 4.07. The average Bonchev–Trinajstić information content (AvgIpc) is 3.09. The van der Waals surface area contributed by atoms with Gasteiger partial charge in [0.15, 0.2) is 0 Å². The number of alkyl halides is 5. The molecule has 0 unspecified atom stereocenters. The van der Waals surface area contributed by atoms with E-state index >= 15 is 0 Å². The number of hydrogen-bond donors (Lipinski definition) is 1. The Morgan fingerprint density at radius 3 is 2.43 bits per heavy atom. The van der Waals surface area contributed by atoms with E-state index in [-0.39, 0.29) is 24.6 Å². The van der Waals surface area contributed by atoms with Crippen molar-refractivity contribution in [2.24, 2.45) is 0 Å². The summed E-state index contributed by atoms with van der Waals surface area (Å²) in [7, 11) is 0. The van der Waals surface area contributed by atoms with E-state index in [1.54, 1.807) is 11.1 Å². The van der Waals surface area contributed by atoms with E-state index in [0.29, 0.717) is 18.8 Å². The van der Waals surface area contributed by atoms with Crippen LogP contribution in [0.15, 0.2) is 24.4 Å². The Labute approximate surface area is 169 Å². The summed E-state index contributed by atoms with van der Waals surface area (Å²) in [6, 6.07) is 2.84. The molecule has 1 N–H and O–H groups in total. The van der Waals surface area contributed by atoms with E-state index in [0.717, 1.165) is 43.9 Å². The molecule has 1 aromatic heterocycles. The number of aromatic nitrogens is 2. The van der Waals surface area contributed by atoms with Crippen molar-refractivity contribution in [3.63, 3.8) is 0 Å². The van der Waals surface area contributed by atoms with Crippen LogP contribution in [0, 0.1) is 5.82 Å². The molecule has 164 valence electrons. The monoisotopic (exact) mass is 432 g/mol. The molecule has 0 radical (unpaired) electrons. The number of imidazole rings is 1. The molecule has 2 aliphatic rings. The smallest absolute Gasteiger partial charge is 0.333 e. The lowest BCUT2D eigenvalue weighted by Gasteiger charge is -2.38. The van der Waals surface area contributed by atoms with Crippen LogP contribution in [0.2, 0.25) is 0 Å². The molecule has 2 saturated heterocycles. The molecule has 0 amide bonds. The number of rotatable bonds is 5. The van der Waals surface area contributed by atoms with Crippen LogP contribution in [0.5, 0.6) is 0 Å². The van der Waals surface area contributed by atoms with E-state index in [2.05, 4.69) is 10.3 Å². The van der Waals surface area contributed by atoms with Gasteiger partial charge in [-0.3, -0.25) is 4.90 Å². The molecule has 3 heterocycles. The van der Waals surface area contributed by atoms with Crippen LogP contribution in [-0.2, 0) is 12.7 Å². The lowest BCUT2D eigenvalue weighted by Crippen LogP contribution is -2.56. The van der Waals surface area contributed by atoms with Gasteiger partial charge in [-0.25, -0.2) is 18.2 Å². The minimum Gasteiger partial charge on any atom is -0.333 e. The highest BCUT2D eigenvalue weighted by molar-refractivity contribution is 5.60. The molecule has 2 aromatic rings. The van der Waals surface area contributed by atoms with Gasteiger partial charge in [0, 0.05) is 30.8 Å². The molecule has 0 aliphatic carbocycles. The summed E-state index contributed by atoms with van der Waals surface area (Å²) in [6.45, 7) is 1.85. The van der Waals surface area contributed by atoms with Crippen molar-refractivity contribution >= 4 is 0 Å². The highest BCUT2D eigenvalue weighted by Gasteiger charge is 2.43. The second-order valence-electron chi connectivity index (χ2n) is 7.96. The van der Waals surface area contributed by atoms with Gasteiger partial charge in [0.25, 0.3) is 5.92 Å². The van der Waals surface area contributed by atoms with Gasteiger partial charge in [-0.05, 0) is 44.1 Å². The summed E-state index contributed by atoms with van der Waals surface area (Å²) >= 11 is 0. The predicted molar refractivity (Wildman–Crippen MR) is 98.9 cm³/mol. The highest BCUT2D eigenvalue weighted by Crippen LogP contribution is 2.35. The second kappa shape index (κ2) is 7.88. The molecule has 4 nitrogen and oxygen atoms in total. The molecule has 1 aromatic carbocycles. The van der Waals surface area contributed by atoms with Crippen LogP contribution >= 0.6 is 0 Å². The molecular weight excluding hydrogens is 410 g/mol. The maximum atomic E-state index is 13.7. The fraction of sp³-hybridized carbons (Fsp3) is 0.550. The van der Waals surface area contributed by atoms with Gasteiger partial charge in [0.1, 0.15) is 11.6 Å². The van der Waals surface area contributed by atoms with Crippen molar-refractivity contribution in [3.05, 3.63) is 41.6 Å². The summed E-state index contributed by atoms with van der Waals surface area (Å²) in [5.41, 5.74) is -0.836. The standard InChI is InChI=1S/C20H22F6N4/c21-16-2-1-14(9-15(16)20(24,25)26)17-10-30(8-7-29-11-19(22,23)12-29)18(28-17)13-3-5-27-6-4-13/h1-2,9-10,13,27H,3-8,11-12H2. The van der Waals surface area contributed by atoms with Crippen molar-refractivity contribution < 1.29 is 26.3 Å². The second-order valence-corrected chi connectivity index (χ2v) is 7.96. The zero-order valence-corrected chi connectivity index (χ0v) is 16.2. The topological polar surface area (TPSA) is 33.1 Å². The van der Waals surface area contributed by atoms with Crippen molar-refractivity contribution in [1.29, 1.82) is 0 Å². The summed E-state index contributed by atoms with van der Waals surface area (Å²) in [5, 5.41) is 3.25. The number of hydrogen-bond acceptors (Lipinski definition) is 3. The quantitative estimate of drug-likeness (QED) is 0.722. The fourth-order valence-electron chi connectivity index (χ4n) is 4.07. The maximum absolute atomic E-state index is 13.7. The van der Waals surface area contributed by atoms with Gasteiger partial charge in [0.05, 0.1) is 24.3 Å². The van der Waals surface area contributed by atoms with Gasteiger partial charge in [0.2, 0.25) is 0 Å². The lowest BCUT2D eigenvalue weighted by atomic mass is 9.97. The highest BCUT2D eigenvalue weighted by atomic mass is 19.4. The predicted octanol–water partition coefficient (Wildman–Crippen LogP) is 4.13. The number of halogens is 6. The first-order valence-electron chi connectivity index (χ1n) is 9.87. The zero-order chi connectivity index (χ0) is 21.5. The van der Waals surface area contributed by atoms with Crippen LogP contribution in [0.25, 0.3) is 11.3 Å².